The normalized spacial score (nSPS) is 40.5. The van der Waals surface area contributed by atoms with Crippen molar-refractivity contribution in [1.82, 2.24) is 0 Å². The van der Waals surface area contributed by atoms with Crippen molar-refractivity contribution in [3.05, 3.63) is 11.8 Å². The van der Waals surface area contributed by atoms with E-state index in [2.05, 4.69) is 0 Å². The maximum atomic E-state index is 12.4. The summed E-state index contributed by atoms with van der Waals surface area (Å²) < 4.78 is 10.9. The second kappa shape index (κ2) is 9.93. The second-order valence-corrected chi connectivity index (χ2v) is 8.99. The summed E-state index contributed by atoms with van der Waals surface area (Å²) >= 11 is 0. The monoisotopic (exact) mass is 444 g/mol. The van der Waals surface area contributed by atoms with E-state index in [-0.39, 0.29) is 41.8 Å². The first-order chi connectivity index (χ1) is 14.6. The van der Waals surface area contributed by atoms with E-state index in [0.717, 1.165) is 0 Å². The molecule has 1 aliphatic heterocycles. The molecular formula is C21H32O10. The molecule has 10 nitrogen and oxygen atoms in total. The number of hydrogen-bond acceptors (Lipinski definition) is 10. The summed E-state index contributed by atoms with van der Waals surface area (Å²) in [5, 5.41) is 39.1. The van der Waals surface area contributed by atoms with Crippen molar-refractivity contribution < 1.29 is 49.3 Å². The first kappa shape index (κ1) is 24.1. The van der Waals surface area contributed by atoms with Crippen LogP contribution in [0.2, 0.25) is 0 Å². The van der Waals surface area contributed by atoms with E-state index in [1.54, 1.807) is 13.0 Å². The van der Waals surface area contributed by atoms with E-state index in [4.69, 9.17) is 19.2 Å². The molecule has 3 rings (SSSR count). The largest absolute Gasteiger partial charge is 0.462 e. The molecule has 0 aromatic carbocycles. The Labute approximate surface area is 180 Å². The molecule has 2 aliphatic carbocycles. The highest BCUT2D eigenvalue weighted by molar-refractivity contribution is 5.84. The van der Waals surface area contributed by atoms with Crippen LogP contribution in [0.25, 0.3) is 0 Å². The first-order valence-electron chi connectivity index (χ1n) is 10.7. The number of hydrogen-bond donors (Lipinski definition) is 4. The van der Waals surface area contributed by atoms with E-state index in [9.17, 15) is 30.0 Å². The molecule has 4 N–H and O–H groups in total. The third kappa shape index (κ3) is 5.10. The molecule has 1 heterocycles. The lowest BCUT2D eigenvalue weighted by Crippen LogP contribution is -2.59. The quantitative estimate of drug-likeness (QED) is 0.236. The van der Waals surface area contributed by atoms with Crippen molar-refractivity contribution in [2.45, 2.75) is 76.8 Å². The van der Waals surface area contributed by atoms with Crippen LogP contribution in [0.3, 0.4) is 0 Å². The van der Waals surface area contributed by atoms with E-state index < -0.39 is 43.4 Å². The van der Waals surface area contributed by atoms with Gasteiger partial charge >= 0.3 is 5.97 Å². The van der Waals surface area contributed by atoms with Crippen molar-refractivity contribution in [3.8, 4) is 0 Å². The fraction of sp³-hybridized carbons (Fsp3) is 0.810. The van der Waals surface area contributed by atoms with Crippen LogP contribution in [0.1, 0.15) is 40.0 Å². The number of carbonyl (C=O) groups is 2. The van der Waals surface area contributed by atoms with E-state index in [1.807, 2.05) is 13.8 Å². The topological polar surface area (TPSA) is 152 Å². The van der Waals surface area contributed by atoms with Crippen LogP contribution in [0, 0.1) is 23.7 Å². The van der Waals surface area contributed by atoms with Gasteiger partial charge in [0, 0.05) is 37.0 Å². The fourth-order valence-corrected chi connectivity index (χ4v) is 4.54. The number of esters is 1. The van der Waals surface area contributed by atoms with Gasteiger partial charge in [-0.15, -0.1) is 0 Å². The molecular weight excluding hydrogens is 412 g/mol. The van der Waals surface area contributed by atoms with Gasteiger partial charge in [-0.25, -0.2) is 0 Å². The molecule has 0 spiro atoms. The Hall–Kier alpha value is -1.56. The zero-order valence-corrected chi connectivity index (χ0v) is 17.9. The van der Waals surface area contributed by atoms with Gasteiger partial charge in [0.25, 0.3) is 0 Å². The number of carbonyl (C=O) groups excluding carboxylic acids is 2. The molecule has 2 fully saturated rings. The van der Waals surface area contributed by atoms with Crippen LogP contribution >= 0.6 is 0 Å². The molecule has 1 saturated heterocycles. The Bertz CT molecular complexity index is 690. The summed E-state index contributed by atoms with van der Waals surface area (Å²) in [6.07, 6.45) is -5.21. The zero-order chi connectivity index (χ0) is 22.9. The van der Waals surface area contributed by atoms with Gasteiger partial charge in [0.05, 0.1) is 6.61 Å². The highest BCUT2D eigenvalue weighted by Gasteiger charge is 2.51. The highest BCUT2D eigenvalue weighted by Crippen LogP contribution is 2.46. The van der Waals surface area contributed by atoms with Gasteiger partial charge in [0.1, 0.15) is 42.1 Å². The minimum atomic E-state index is -1.60. The molecule has 0 amide bonds. The van der Waals surface area contributed by atoms with Crippen LogP contribution in [0.4, 0.5) is 0 Å². The third-order valence-corrected chi connectivity index (χ3v) is 6.26. The van der Waals surface area contributed by atoms with Gasteiger partial charge in [-0.1, -0.05) is 20.8 Å². The van der Waals surface area contributed by atoms with Crippen molar-refractivity contribution in [2.75, 3.05) is 6.61 Å². The number of allylic oxidation sites excluding steroid dienone is 1. The van der Waals surface area contributed by atoms with Crippen molar-refractivity contribution in [1.29, 1.82) is 0 Å². The Morgan fingerprint density at radius 2 is 1.94 bits per heavy atom. The summed E-state index contributed by atoms with van der Waals surface area (Å²) in [7, 11) is 0. The fourth-order valence-electron chi connectivity index (χ4n) is 4.54. The number of ketones is 1. The van der Waals surface area contributed by atoms with E-state index in [1.165, 1.54) is 0 Å². The summed E-state index contributed by atoms with van der Waals surface area (Å²) in [6, 6.07) is 0. The minimum absolute atomic E-state index is 0.0316. The van der Waals surface area contributed by atoms with Crippen LogP contribution in [-0.4, -0.2) is 75.6 Å². The van der Waals surface area contributed by atoms with Crippen molar-refractivity contribution >= 4 is 11.8 Å². The number of ether oxygens (including phenoxy) is 2. The van der Waals surface area contributed by atoms with Gasteiger partial charge in [-0.2, -0.15) is 4.89 Å². The molecule has 9 atom stereocenters. The molecule has 0 radical (unpaired) electrons. The average molecular weight is 444 g/mol. The predicted octanol–water partition coefficient (Wildman–Crippen LogP) is -0.179. The molecule has 10 heteroatoms. The van der Waals surface area contributed by atoms with E-state index in [0.29, 0.717) is 18.6 Å². The van der Waals surface area contributed by atoms with Gasteiger partial charge in [-0.05, 0) is 12.0 Å². The first-order valence-corrected chi connectivity index (χ1v) is 10.7. The van der Waals surface area contributed by atoms with Crippen LogP contribution in [-0.2, 0) is 28.8 Å². The molecule has 3 aliphatic rings. The van der Waals surface area contributed by atoms with E-state index >= 15 is 0 Å². The SMILES string of the molecule is CC(C)CC(=O)O[C@@H]1CC=C(OO[C@@H]2O[C@H](CO)[C@@H](O)[C@H](O)[C@H]2O)[C@H]2CC(=O)[C@H](C)[C@H]21. The number of aliphatic hydroxyl groups is 4. The van der Waals surface area contributed by atoms with Crippen molar-refractivity contribution in [3.63, 3.8) is 0 Å². The summed E-state index contributed by atoms with van der Waals surface area (Å²) in [4.78, 5) is 35.2. The number of rotatable bonds is 7. The Morgan fingerprint density at radius 1 is 1.23 bits per heavy atom. The van der Waals surface area contributed by atoms with Gasteiger partial charge < -0.3 is 34.8 Å². The second-order valence-electron chi connectivity index (χ2n) is 8.99. The lowest BCUT2D eigenvalue weighted by Gasteiger charge is -2.39. The number of Topliss-reactive ketones (excluding diaryl/α,β-unsaturated/α-hetero) is 1. The molecule has 0 unspecified atom stereocenters. The van der Waals surface area contributed by atoms with Gasteiger partial charge in [-0.3, -0.25) is 9.59 Å². The molecule has 1 saturated carbocycles. The summed E-state index contributed by atoms with van der Waals surface area (Å²) in [5.41, 5.74) is 0. The Morgan fingerprint density at radius 3 is 2.58 bits per heavy atom. The molecule has 0 bridgehead atoms. The molecule has 0 aromatic rings. The maximum Gasteiger partial charge on any atom is 0.306 e. The lowest BCUT2D eigenvalue weighted by molar-refractivity contribution is -0.414. The van der Waals surface area contributed by atoms with Crippen molar-refractivity contribution in [2.24, 2.45) is 23.7 Å². The Kier molecular flexibility index (Phi) is 7.72. The predicted molar refractivity (Wildman–Crippen MR) is 104 cm³/mol. The van der Waals surface area contributed by atoms with Crippen LogP contribution in [0.5, 0.6) is 0 Å². The maximum absolute atomic E-state index is 12.4. The lowest BCUT2D eigenvalue weighted by atomic mass is 9.79. The smallest absolute Gasteiger partial charge is 0.306 e. The minimum Gasteiger partial charge on any atom is -0.462 e. The van der Waals surface area contributed by atoms with Gasteiger partial charge in [0.2, 0.25) is 6.29 Å². The summed E-state index contributed by atoms with van der Waals surface area (Å²) in [6.45, 7) is 5.06. The standard InChI is InChI=1S/C21H32O10/c1-9(2)6-16(24)28-14-5-4-13(11-7-12(23)10(3)17(11)14)30-31-21-20(27)19(26)18(25)15(8-22)29-21/h4,9-11,14-15,17-22,25-27H,5-8H2,1-3H3/t10-,11+,14+,15+,17+,18+,19-,20+,21-/m0/s1. The van der Waals surface area contributed by atoms with Gasteiger partial charge in [0.15, 0.2) is 0 Å². The Balaban J connectivity index is 1.68. The molecule has 31 heavy (non-hydrogen) atoms. The average Bonchev–Trinajstić information content (AvgIpc) is 3.01. The number of aliphatic hydroxyl groups excluding tert-OH is 4. The zero-order valence-electron chi connectivity index (χ0n) is 17.9. The number of fused-ring (bicyclic) bond motifs is 1. The highest BCUT2D eigenvalue weighted by atomic mass is 17.2. The molecule has 0 aromatic heterocycles. The summed E-state index contributed by atoms with van der Waals surface area (Å²) in [5.74, 6) is -0.696. The van der Waals surface area contributed by atoms with Crippen LogP contribution in [0.15, 0.2) is 11.8 Å². The third-order valence-electron chi connectivity index (χ3n) is 6.26. The molecule has 176 valence electrons. The van der Waals surface area contributed by atoms with Crippen LogP contribution < -0.4 is 0 Å².